The molecule has 3 rings (SSSR count). The van der Waals surface area contributed by atoms with Gasteiger partial charge in [0, 0.05) is 30.8 Å². The van der Waals surface area contributed by atoms with Crippen LogP contribution in [0.4, 0.5) is 0 Å². The van der Waals surface area contributed by atoms with E-state index in [0.29, 0.717) is 12.5 Å². The molecule has 114 valence electrons. The van der Waals surface area contributed by atoms with Gasteiger partial charge >= 0.3 is 0 Å². The summed E-state index contributed by atoms with van der Waals surface area (Å²) in [5.74, 6) is 0.519. The first-order valence-electron chi connectivity index (χ1n) is 7.99. The Balaban J connectivity index is 2.01. The molecule has 5 nitrogen and oxygen atoms in total. The van der Waals surface area contributed by atoms with Crippen molar-refractivity contribution in [1.29, 1.82) is 0 Å². The number of hydrogen-bond acceptors (Lipinski definition) is 3. The average molecular weight is 288 g/mol. The van der Waals surface area contributed by atoms with Crippen molar-refractivity contribution in [3.05, 3.63) is 33.9 Å². The number of aryl methyl sites for hydroxylation is 2. The predicted octanol–water partition coefficient (Wildman–Crippen LogP) is 1.97. The van der Waals surface area contributed by atoms with E-state index in [9.17, 15) is 4.79 Å². The molecule has 1 aliphatic rings. The van der Waals surface area contributed by atoms with Gasteiger partial charge in [0.15, 0.2) is 0 Å². The van der Waals surface area contributed by atoms with E-state index in [1.54, 1.807) is 10.6 Å². The number of hydrogen-bond donors (Lipinski definition) is 1. The first-order chi connectivity index (χ1) is 10.2. The highest BCUT2D eigenvalue weighted by atomic mass is 16.1. The molecule has 5 heteroatoms. The SMILES string of the molecule is Cn1c(CCCN)cc(=O)n2nc(C3CCCCC3)cc12. The molecular formula is C16H24N4O. The fourth-order valence-corrected chi connectivity index (χ4v) is 3.36. The van der Waals surface area contributed by atoms with Gasteiger partial charge in [-0.3, -0.25) is 4.79 Å². The van der Waals surface area contributed by atoms with Crippen LogP contribution in [0.25, 0.3) is 5.65 Å². The van der Waals surface area contributed by atoms with Crippen LogP contribution in [0.5, 0.6) is 0 Å². The monoisotopic (exact) mass is 288 g/mol. The van der Waals surface area contributed by atoms with Crippen molar-refractivity contribution in [3.8, 4) is 0 Å². The van der Waals surface area contributed by atoms with Crippen LogP contribution in [0.1, 0.15) is 55.8 Å². The summed E-state index contributed by atoms with van der Waals surface area (Å²) in [4.78, 5) is 12.3. The maximum absolute atomic E-state index is 12.3. The van der Waals surface area contributed by atoms with Crippen LogP contribution in [0.3, 0.4) is 0 Å². The molecule has 0 aliphatic heterocycles. The predicted molar refractivity (Wildman–Crippen MR) is 83.6 cm³/mol. The Morgan fingerprint density at radius 1 is 1.29 bits per heavy atom. The van der Waals surface area contributed by atoms with Crippen LogP contribution in [0, 0.1) is 0 Å². The molecule has 2 heterocycles. The number of nitrogens with zero attached hydrogens (tertiary/aromatic N) is 3. The van der Waals surface area contributed by atoms with Crippen LogP contribution in [0.15, 0.2) is 16.9 Å². The Labute approximate surface area is 124 Å². The van der Waals surface area contributed by atoms with Gasteiger partial charge in [0.1, 0.15) is 5.65 Å². The summed E-state index contributed by atoms with van der Waals surface area (Å²) in [6.45, 7) is 0.645. The summed E-state index contributed by atoms with van der Waals surface area (Å²) < 4.78 is 3.63. The van der Waals surface area contributed by atoms with Crippen LogP contribution in [0.2, 0.25) is 0 Å². The van der Waals surface area contributed by atoms with Gasteiger partial charge in [-0.05, 0) is 32.2 Å². The summed E-state index contributed by atoms with van der Waals surface area (Å²) in [7, 11) is 2.01. The first-order valence-corrected chi connectivity index (χ1v) is 7.99. The minimum atomic E-state index is -0.0304. The number of rotatable bonds is 4. The van der Waals surface area contributed by atoms with Crippen molar-refractivity contribution in [1.82, 2.24) is 14.2 Å². The summed E-state index contributed by atoms with van der Waals surface area (Å²) in [6.07, 6.45) is 8.00. The Morgan fingerprint density at radius 2 is 2.05 bits per heavy atom. The highest BCUT2D eigenvalue weighted by Gasteiger charge is 2.20. The third-order valence-electron chi connectivity index (χ3n) is 4.64. The molecule has 0 unspecified atom stereocenters. The largest absolute Gasteiger partial charge is 0.333 e. The van der Waals surface area contributed by atoms with E-state index < -0.39 is 0 Å². The van der Waals surface area contributed by atoms with E-state index in [4.69, 9.17) is 5.73 Å². The summed E-state index contributed by atoms with van der Waals surface area (Å²) in [5, 5.41) is 4.58. The lowest BCUT2D eigenvalue weighted by Crippen LogP contribution is -2.20. The van der Waals surface area contributed by atoms with Crippen molar-refractivity contribution in [3.63, 3.8) is 0 Å². The highest BCUT2D eigenvalue weighted by Crippen LogP contribution is 2.32. The lowest BCUT2D eigenvalue weighted by molar-refractivity contribution is 0.435. The Hall–Kier alpha value is -1.62. The molecule has 0 atom stereocenters. The lowest BCUT2D eigenvalue weighted by atomic mass is 9.87. The third-order valence-corrected chi connectivity index (χ3v) is 4.64. The van der Waals surface area contributed by atoms with Gasteiger partial charge in [0.25, 0.3) is 5.56 Å². The Morgan fingerprint density at radius 3 is 2.76 bits per heavy atom. The normalized spacial score (nSPS) is 16.7. The maximum Gasteiger partial charge on any atom is 0.274 e. The molecule has 2 N–H and O–H groups in total. The van der Waals surface area contributed by atoms with Crippen LogP contribution < -0.4 is 11.3 Å². The Kier molecular flexibility index (Phi) is 4.10. The van der Waals surface area contributed by atoms with E-state index >= 15 is 0 Å². The number of fused-ring (bicyclic) bond motifs is 1. The second-order valence-electron chi connectivity index (χ2n) is 6.10. The van der Waals surface area contributed by atoms with Crippen LogP contribution in [-0.2, 0) is 13.5 Å². The third kappa shape index (κ3) is 2.75. The molecule has 0 aromatic carbocycles. The molecule has 0 bridgehead atoms. The molecule has 21 heavy (non-hydrogen) atoms. The van der Waals surface area contributed by atoms with E-state index in [1.165, 1.54) is 32.1 Å². The molecule has 2 aromatic heterocycles. The van der Waals surface area contributed by atoms with Crippen molar-refractivity contribution in [2.45, 2.75) is 50.9 Å². The standard InChI is InChI=1S/C16H24N4O/c1-19-13(8-5-9-17)10-16(21)20-15(19)11-14(18-20)12-6-3-2-4-7-12/h10-12H,2-9,17H2,1H3. The molecule has 1 fully saturated rings. The van der Waals surface area contributed by atoms with Crippen molar-refractivity contribution in [2.24, 2.45) is 12.8 Å². The molecule has 2 aromatic rings. The van der Waals surface area contributed by atoms with E-state index in [0.717, 1.165) is 29.9 Å². The topological polar surface area (TPSA) is 65.3 Å². The quantitative estimate of drug-likeness (QED) is 0.935. The minimum Gasteiger partial charge on any atom is -0.333 e. The minimum absolute atomic E-state index is 0.0304. The van der Waals surface area contributed by atoms with Crippen LogP contribution in [-0.4, -0.2) is 20.7 Å². The van der Waals surface area contributed by atoms with Crippen LogP contribution >= 0.6 is 0 Å². The fraction of sp³-hybridized carbons (Fsp3) is 0.625. The number of nitrogens with two attached hydrogens (primary N) is 1. The Bertz CT molecular complexity index is 679. The molecule has 1 saturated carbocycles. The van der Waals surface area contributed by atoms with Gasteiger partial charge in [-0.1, -0.05) is 19.3 Å². The second-order valence-corrected chi connectivity index (χ2v) is 6.10. The zero-order valence-electron chi connectivity index (χ0n) is 12.7. The fourth-order valence-electron chi connectivity index (χ4n) is 3.36. The van der Waals surface area contributed by atoms with Gasteiger partial charge in [0.05, 0.1) is 5.69 Å². The van der Waals surface area contributed by atoms with E-state index in [2.05, 4.69) is 15.7 Å². The second kappa shape index (κ2) is 6.02. The maximum atomic E-state index is 12.3. The molecule has 0 radical (unpaired) electrons. The molecule has 0 spiro atoms. The van der Waals surface area contributed by atoms with E-state index in [1.807, 2.05) is 7.05 Å². The van der Waals surface area contributed by atoms with Gasteiger partial charge in [-0.15, -0.1) is 0 Å². The van der Waals surface area contributed by atoms with Gasteiger partial charge in [-0.25, -0.2) is 0 Å². The zero-order valence-corrected chi connectivity index (χ0v) is 12.7. The zero-order chi connectivity index (χ0) is 14.8. The lowest BCUT2D eigenvalue weighted by Gasteiger charge is -2.18. The van der Waals surface area contributed by atoms with Gasteiger partial charge < -0.3 is 10.3 Å². The van der Waals surface area contributed by atoms with E-state index in [-0.39, 0.29) is 5.56 Å². The molecule has 0 saturated heterocycles. The summed E-state index contributed by atoms with van der Waals surface area (Å²) >= 11 is 0. The summed E-state index contributed by atoms with van der Waals surface area (Å²) in [5.41, 5.74) is 8.56. The van der Waals surface area contributed by atoms with Crippen molar-refractivity contribution >= 4 is 5.65 Å². The molecular weight excluding hydrogens is 264 g/mol. The molecule has 1 aliphatic carbocycles. The van der Waals surface area contributed by atoms with Crippen molar-refractivity contribution < 1.29 is 0 Å². The molecule has 0 amide bonds. The average Bonchev–Trinajstić information content (AvgIpc) is 2.96. The highest BCUT2D eigenvalue weighted by molar-refractivity contribution is 5.42. The van der Waals surface area contributed by atoms with Gasteiger partial charge in [-0.2, -0.15) is 9.61 Å². The summed E-state index contributed by atoms with van der Waals surface area (Å²) in [6, 6.07) is 3.80. The first kappa shape index (κ1) is 14.3. The smallest absolute Gasteiger partial charge is 0.274 e. The number of aromatic nitrogens is 3. The van der Waals surface area contributed by atoms with Crippen molar-refractivity contribution in [2.75, 3.05) is 6.54 Å². The van der Waals surface area contributed by atoms with Gasteiger partial charge in [0.2, 0.25) is 0 Å².